The number of nitrogens with zero attached hydrogens (tertiary/aromatic N) is 2. The number of carbonyl (C=O) groups is 2. The molecule has 1 atom stereocenters. The fraction of sp³-hybridized carbons (Fsp3) is 0.300. The third-order valence-electron chi connectivity index (χ3n) is 2.50. The summed E-state index contributed by atoms with van der Waals surface area (Å²) in [5.41, 5.74) is 0. The van der Waals surface area contributed by atoms with Crippen molar-refractivity contribution in [3.63, 3.8) is 0 Å². The number of rotatable bonds is 2. The minimum atomic E-state index is -0.992. The number of halogens is 2. The Morgan fingerprint density at radius 2 is 2.18 bits per heavy atom. The first-order valence-electron chi connectivity index (χ1n) is 4.83. The molecule has 1 saturated heterocycles. The number of anilines is 1. The van der Waals surface area contributed by atoms with Gasteiger partial charge in [-0.25, -0.2) is 4.98 Å². The number of hydrogen-bond donors (Lipinski definition) is 1. The number of carboxylic acids is 1. The molecule has 1 N–H and O–H groups in total. The zero-order valence-electron chi connectivity index (χ0n) is 8.56. The zero-order chi connectivity index (χ0) is 12.6. The fourth-order valence-corrected chi connectivity index (χ4v) is 2.15. The molecule has 90 valence electrons. The summed E-state index contributed by atoms with van der Waals surface area (Å²) in [5, 5.41) is 9.37. The van der Waals surface area contributed by atoms with Crippen LogP contribution in [-0.2, 0) is 9.59 Å². The van der Waals surface area contributed by atoms with Crippen molar-refractivity contribution < 1.29 is 14.7 Å². The highest BCUT2D eigenvalue weighted by Crippen LogP contribution is 2.27. The number of aliphatic carboxylic acids is 1. The number of amides is 1. The summed E-state index contributed by atoms with van der Waals surface area (Å²) in [6.07, 6.45) is -0.0266. The van der Waals surface area contributed by atoms with Gasteiger partial charge in [0.25, 0.3) is 0 Å². The van der Waals surface area contributed by atoms with Crippen LogP contribution in [0.15, 0.2) is 12.1 Å². The molecule has 0 aliphatic carbocycles. The summed E-state index contributed by atoms with van der Waals surface area (Å²) in [6.45, 7) is 0.0951. The smallest absolute Gasteiger partial charge is 0.308 e. The lowest BCUT2D eigenvalue weighted by Crippen LogP contribution is -2.26. The van der Waals surface area contributed by atoms with E-state index in [0.29, 0.717) is 5.02 Å². The van der Waals surface area contributed by atoms with Gasteiger partial charge in [-0.15, -0.1) is 0 Å². The Bertz CT molecular complexity index is 472. The van der Waals surface area contributed by atoms with Crippen LogP contribution in [0, 0.1) is 5.92 Å². The molecule has 0 radical (unpaired) electrons. The van der Waals surface area contributed by atoms with E-state index in [1.165, 1.54) is 17.0 Å². The van der Waals surface area contributed by atoms with Gasteiger partial charge >= 0.3 is 5.97 Å². The van der Waals surface area contributed by atoms with E-state index >= 15 is 0 Å². The van der Waals surface area contributed by atoms with Crippen molar-refractivity contribution in [1.29, 1.82) is 0 Å². The standard InChI is InChI=1S/C10H8Cl2N2O3/c11-6-2-7(12)13-8(3-6)14-4-5(10(16)17)1-9(14)15/h2-3,5H,1,4H2,(H,16,17). The van der Waals surface area contributed by atoms with Crippen LogP contribution in [0.25, 0.3) is 0 Å². The molecular weight excluding hydrogens is 267 g/mol. The highest BCUT2D eigenvalue weighted by atomic mass is 35.5. The SMILES string of the molecule is O=C(O)C1CC(=O)N(c2cc(Cl)cc(Cl)n2)C1. The van der Waals surface area contributed by atoms with Gasteiger partial charge in [-0.05, 0) is 12.1 Å². The monoisotopic (exact) mass is 274 g/mol. The lowest BCUT2D eigenvalue weighted by atomic mass is 10.1. The molecule has 1 aromatic heterocycles. The van der Waals surface area contributed by atoms with Gasteiger partial charge in [-0.2, -0.15) is 0 Å². The van der Waals surface area contributed by atoms with Gasteiger partial charge in [-0.1, -0.05) is 23.2 Å². The molecule has 0 spiro atoms. The van der Waals surface area contributed by atoms with Crippen LogP contribution in [0.4, 0.5) is 5.82 Å². The molecule has 1 fully saturated rings. The van der Waals surface area contributed by atoms with Gasteiger partial charge in [0.1, 0.15) is 11.0 Å². The average molecular weight is 275 g/mol. The van der Waals surface area contributed by atoms with Crippen LogP contribution >= 0.6 is 23.2 Å². The second kappa shape index (κ2) is 4.50. The Morgan fingerprint density at radius 1 is 1.47 bits per heavy atom. The molecule has 1 amide bonds. The van der Waals surface area contributed by atoms with Crippen LogP contribution < -0.4 is 4.90 Å². The lowest BCUT2D eigenvalue weighted by molar-refractivity contribution is -0.141. The summed E-state index contributed by atoms with van der Waals surface area (Å²) < 4.78 is 0. The van der Waals surface area contributed by atoms with Crippen LogP contribution in [0.2, 0.25) is 10.2 Å². The number of pyridine rings is 1. The van der Waals surface area contributed by atoms with E-state index in [-0.39, 0.29) is 29.8 Å². The van der Waals surface area contributed by atoms with Crippen molar-refractivity contribution in [3.8, 4) is 0 Å². The minimum absolute atomic E-state index is 0.0266. The fourth-order valence-electron chi connectivity index (χ4n) is 1.69. The topological polar surface area (TPSA) is 70.5 Å². The first kappa shape index (κ1) is 12.1. The van der Waals surface area contributed by atoms with Gasteiger partial charge in [-0.3, -0.25) is 14.5 Å². The maximum absolute atomic E-state index is 11.6. The normalized spacial score (nSPS) is 19.8. The lowest BCUT2D eigenvalue weighted by Gasteiger charge is -2.15. The number of carbonyl (C=O) groups excluding carboxylic acids is 1. The third kappa shape index (κ3) is 2.50. The van der Waals surface area contributed by atoms with E-state index < -0.39 is 11.9 Å². The second-order valence-electron chi connectivity index (χ2n) is 3.71. The van der Waals surface area contributed by atoms with Crippen molar-refractivity contribution >= 4 is 40.9 Å². The van der Waals surface area contributed by atoms with Gasteiger partial charge in [0, 0.05) is 18.0 Å². The highest BCUT2D eigenvalue weighted by Gasteiger charge is 2.35. The predicted molar refractivity (Wildman–Crippen MR) is 62.4 cm³/mol. The largest absolute Gasteiger partial charge is 0.481 e. The van der Waals surface area contributed by atoms with Crippen molar-refractivity contribution in [2.24, 2.45) is 5.92 Å². The minimum Gasteiger partial charge on any atom is -0.481 e. The van der Waals surface area contributed by atoms with E-state index in [1.807, 2.05) is 0 Å². The van der Waals surface area contributed by atoms with Crippen LogP contribution in [-0.4, -0.2) is 28.5 Å². The molecule has 0 bridgehead atoms. The van der Waals surface area contributed by atoms with Crippen molar-refractivity contribution in [2.45, 2.75) is 6.42 Å². The summed E-state index contributed by atoms with van der Waals surface area (Å²) >= 11 is 11.5. The van der Waals surface area contributed by atoms with Crippen molar-refractivity contribution in [2.75, 3.05) is 11.4 Å². The summed E-state index contributed by atoms with van der Waals surface area (Å²) in [6, 6.07) is 2.93. The van der Waals surface area contributed by atoms with E-state index in [1.54, 1.807) is 0 Å². The molecule has 2 rings (SSSR count). The molecule has 0 aromatic carbocycles. The summed E-state index contributed by atoms with van der Waals surface area (Å²) in [5.74, 6) is -1.70. The summed E-state index contributed by atoms with van der Waals surface area (Å²) in [4.78, 5) is 27.7. The molecule has 17 heavy (non-hydrogen) atoms. The second-order valence-corrected chi connectivity index (χ2v) is 4.53. The molecule has 1 unspecified atom stereocenters. The maximum Gasteiger partial charge on any atom is 0.308 e. The molecule has 5 nitrogen and oxygen atoms in total. The molecule has 0 saturated carbocycles. The number of carboxylic acid groups (broad SMARTS) is 1. The summed E-state index contributed by atoms with van der Waals surface area (Å²) in [7, 11) is 0. The van der Waals surface area contributed by atoms with Gasteiger partial charge in [0.2, 0.25) is 5.91 Å². The van der Waals surface area contributed by atoms with Gasteiger partial charge in [0.05, 0.1) is 5.92 Å². The Morgan fingerprint density at radius 3 is 2.71 bits per heavy atom. The first-order chi connectivity index (χ1) is 7.97. The Labute approximate surface area is 107 Å². The van der Waals surface area contributed by atoms with E-state index in [2.05, 4.69) is 4.98 Å². The molecule has 1 aliphatic rings. The number of aromatic nitrogens is 1. The predicted octanol–water partition coefficient (Wildman–Crippen LogP) is 1.83. The van der Waals surface area contributed by atoms with Gasteiger partial charge < -0.3 is 5.11 Å². The molecule has 2 heterocycles. The first-order valence-corrected chi connectivity index (χ1v) is 5.59. The van der Waals surface area contributed by atoms with Crippen molar-refractivity contribution in [3.05, 3.63) is 22.3 Å². The van der Waals surface area contributed by atoms with E-state index in [4.69, 9.17) is 28.3 Å². The third-order valence-corrected chi connectivity index (χ3v) is 2.91. The molecular formula is C10H8Cl2N2O3. The van der Waals surface area contributed by atoms with Crippen LogP contribution in [0.3, 0.4) is 0 Å². The highest BCUT2D eigenvalue weighted by molar-refractivity contribution is 6.34. The van der Waals surface area contributed by atoms with Crippen LogP contribution in [0.5, 0.6) is 0 Å². The van der Waals surface area contributed by atoms with Crippen LogP contribution in [0.1, 0.15) is 6.42 Å². The van der Waals surface area contributed by atoms with Crippen molar-refractivity contribution in [1.82, 2.24) is 4.98 Å². The molecule has 1 aliphatic heterocycles. The van der Waals surface area contributed by atoms with Gasteiger partial charge in [0.15, 0.2) is 0 Å². The average Bonchev–Trinajstić information content (AvgIpc) is 2.59. The zero-order valence-corrected chi connectivity index (χ0v) is 10.1. The Kier molecular flexibility index (Phi) is 3.22. The Balaban J connectivity index is 2.28. The Hall–Kier alpha value is -1.33. The number of hydrogen-bond acceptors (Lipinski definition) is 3. The van der Waals surface area contributed by atoms with E-state index in [9.17, 15) is 9.59 Å². The molecule has 1 aromatic rings. The molecule has 7 heteroatoms. The maximum atomic E-state index is 11.6. The van der Waals surface area contributed by atoms with E-state index in [0.717, 1.165) is 0 Å². The quantitative estimate of drug-likeness (QED) is 0.836.